The summed E-state index contributed by atoms with van der Waals surface area (Å²) in [6.45, 7) is 3.41. The molecule has 1 amide bonds. The number of amides is 1. The van der Waals surface area contributed by atoms with Crippen LogP contribution in [0.25, 0.3) is 0 Å². The van der Waals surface area contributed by atoms with Gasteiger partial charge in [-0.2, -0.15) is 0 Å². The molecule has 2 aliphatic rings. The summed E-state index contributed by atoms with van der Waals surface area (Å²) in [4.78, 5) is 13.0. The van der Waals surface area contributed by atoms with Crippen molar-refractivity contribution in [3.8, 4) is 0 Å². The lowest BCUT2D eigenvalue weighted by molar-refractivity contribution is -0.119. The number of fused-ring (bicyclic) bond motifs is 1. The molecule has 3 atom stereocenters. The number of hydrogen-bond donors (Lipinski definition) is 1. The third-order valence-electron chi connectivity index (χ3n) is 5.10. The summed E-state index contributed by atoms with van der Waals surface area (Å²) in [7, 11) is 0. The molecule has 4 rings (SSSR count). The predicted molar refractivity (Wildman–Crippen MR) is 102 cm³/mol. The van der Waals surface area contributed by atoms with Gasteiger partial charge in [0.2, 0.25) is 6.41 Å². The zero-order valence-corrected chi connectivity index (χ0v) is 15.6. The van der Waals surface area contributed by atoms with Crippen LogP contribution in [0.4, 0.5) is 4.39 Å². The van der Waals surface area contributed by atoms with E-state index >= 15 is 0 Å². The first kappa shape index (κ1) is 19.5. The van der Waals surface area contributed by atoms with Crippen molar-refractivity contribution < 1.29 is 19.0 Å². The van der Waals surface area contributed by atoms with Gasteiger partial charge in [-0.15, -0.1) is 0 Å². The summed E-state index contributed by atoms with van der Waals surface area (Å²) in [6.07, 6.45) is 3.51. The molecule has 0 saturated carbocycles. The average Bonchev–Trinajstić information content (AvgIpc) is 2.68. The molecule has 144 valence electrons. The van der Waals surface area contributed by atoms with Gasteiger partial charge in [0.1, 0.15) is 5.82 Å². The molecule has 27 heavy (non-hydrogen) atoms. The zero-order valence-electron chi connectivity index (χ0n) is 15.6. The fourth-order valence-electron chi connectivity index (χ4n) is 3.69. The number of ether oxygens (including phenoxy) is 1. The van der Waals surface area contributed by atoms with Crippen LogP contribution in [0.2, 0.25) is 0 Å². The molecule has 0 spiro atoms. The van der Waals surface area contributed by atoms with Crippen LogP contribution >= 0.6 is 0 Å². The third kappa shape index (κ3) is 4.93. The Morgan fingerprint density at radius 2 is 1.93 bits per heavy atom. The SMILES string of the molecule is C[C@H]1CC(O)CCO1.O=CN1CCc2ccccc2[C@@H]1c1ccc(F)cc1. The average molecular weight is 371 g/mol. The predicted octanol–water partition coefficient (Wildman–Crippen LogP) is 3.48. The maximum atomic E-state index is 13.0. The lowest BCUT2D eigenvalue weighted by atomic mass is 9.88. The van der Waals surface area contributed by atoms with Gasteiger partial charge >= 0.3 is 0 Å². The molecular weight excluding hydrogens is 345 g/mol. The molecule has 2 aromatic carbocycles. The van der Waals surface area contributed by atoms with Crippen LogP contribution in [-0.4, -0.2) is 41.8 Å². The minimum atomic E-state index is -0.259. The van der Waals surface area contributed by atoms with Gasteiger partial charge < -0.3 is 14.7 Å². The molecule has 1 fully saturated rings. The smallest absolute Gasteiger partial charge is 0.210 e. The first-order valence-electron chi connectivity index (χ1n) is 9.42. The monoisotopic (exact) mass is 371 g/mol. The highest BCUT2D eigenvalue weighted by molar-refractivity contribution is 5.54. The van der Waals surface area contributed by atoms with Gasteiger partial charge in [0.05, 0.1) is 18.2 Å². The highest BCUT2D eigenvalue weighted by Crippen LogP contribution is 2.34. The molecule has 5 heteroatoms. The Bertz CT molecular complexity index is 741. The van der Waals surface area contributed by atoms with Crippen molar-refractivity contribution in [3.05, 3.63) is 71.0 Å². The molecule has 2 aliphatic heterocycles. The minimum Gasteiger partial charge on any atom is -0.393 e. The van der Waals surface area contributed by atoms with Crippen LogP contribution in [0.3, 0.4) is 0 Å². The Morgan fingerprint density at radius 1 is 1.19 bits per heavy atom. The Balaban J connectivity index is 0.000000221. The zero-order chi connectivity index (χ0) is 19.2. The van der Waals surface area contributed by atoms with Crippen LogP contribution in [0.15, 0.2) is 48.5 Å². The molecule has 0 radical (unpaired) electrons. The number of rotatable bonds is 2. The molecule has 1 unspecified atom stereocenters. The summed E-state index contributed by atoms with van der Waals surface area (Å²) in [5.41, 5.74) is 3.34. The van der Waals surface area contributed by atoms with Crippen LogP contribution in [0, 0.1) is 5.82 Å². The number of nitrogens with zero attached hydrogens (tertiary/aromatic N) is 1. The Kier molecular flexibility index (Phi) is 6.58. The van der Waals surface area contributed by atoms with Crippen molar-refractivity contribution in [1.82, 2.24) is 4.90 Å². The van der Waals surface area contributed by atoms with E-state index < -0.39 is 0 Å². The second-order valence-corrected chi connectivity index (χ2v) is 7.11. The van der Waals surface area contributed by atoms with E-state index in [0.717, 1.165) is 43.4 Å². The largest absolute Gasteiger partial charge is 0.393 e. The third-order valence-corrected chi connectivity index (χ3v) is 5.10. The van der Waals surface area contributed by atoms with Gasteiger partial charge in [-0.3, -0.25) is 4.79 Å². The maximum Gasteiger partial charge on any atom is 0.210 e. The number of carbonyl (C=O) groups excluding carboxylic acids is 1. The summed E-state index contributed by atoms with van der Waals surface area (Å²) >= 11 is 0. The van der Waals surface area contributed by atoms with E-state index in [0.29, 0.717) is 6.54 Å². The molecule has 1 saturated heterocycles. The van der Waals surface area contributed by atoms with Gasteiger partial charge in [-0.1, -0.05) is 36.4 Å². The molecule has 2 heterocycles. The first-order valence-corrected chi connectivity index (χ1v) is 9.42. The number of carbonyl (C=O) groups is 1. The maximum absolute atomic E-state index is 13.0. The van der Waals surface area contributed by atoms with Crippen molar-refractivity contribution in [1.29, 1.82) is 0 Å². The summed E-state index contributed by atoms with van der Waals surface area (Å²) in [5, 5.41) is 9.00. The molecule has 2 aromatic rings. The molecule has 4 nitrogen and oxygen atoms in total. The standard InChI is InChI=1S/C16H14FNO.C6H12O2/c17-14-7-5-13(6-8-14)16-15-4-2-1-3-12(15)9-10-18(16)11-19;1-5-4-6(7)2-3-8-5/h1-8,11,16H,9-10H2;5-7H,2-4H2,1H3/t16-;5-,6?/m00/s1. The first-order chi connectivity index (χ1) is 13.1. The Morgan fingerprint density at radius 3 is 2.56 bits per heavy atom. The van der Waals surface area contributed by atoms with E-state index in [9.17, 15) is 9.18 Å². The van der Waals surface area contributed by atoms with Gasteiger partial charge in [0.25, 0.3) is 0 Å². The van der Waals surface area contributed by atoms with E-state index in [1.54, 1.807) is 17.0 Å². The van der Waals surface area contributed by atoms with Crippen LogP contribution < -0.4 is 0 Å². The van der Waals surface area contributed by atoms with E-state index in [-0.39, 0.29) is 24.1 Å². The minimum absolute atomic E-state index is 0.108. The second kappa shape index (κ2) is 9.11. The van der Waals surface area contributed by atoms with Gasteiger partial charge in [-0.05, 0) is 55.0 Å². The van der Waals surface area contributed by atoms with Crippen molar-refractivity contribution in [2.45, 2.75) is 44.4 Å². The van der Waals surface area contributed by atoms with E-state index in [2.05, 4.69) is 6.07 Å². The highest BCUT2D eigenvalue weighted by Gasteiger charge is 2.27. The van der Waals surface area contributed by atoms with E-state index in [1.807, 2.05) is 25.1 Å². The summed E-state index contributed by atoms with van der Waals surface area (Å²) in [5.74, 6) is -0.259. The molecule has 0 aliphatic carbocycles. The van der Waals surface area contributed by atoms with Gasteiger partial charge in [-0.25, -0.2) is 4.39 Å². The second-order valence-electron chi connectivity index (χ2n) is 7.11. The number of benzene rings is 2. The molecule has 0 aromatic heterocycles. The fourth-order valence-corrected chi connectivity index (χ4v) is 3.69. The number of halogens is 1. The van der Waals surface area contributed by atoms with Crippen molar-refractivity contribution in [3.63, 3.8) is 0 Å². The fraction of sp³-hybridized carbons (Fsp3) is 0.409. The number of hydrogen-bond acceptors (Lipinski definition) is 3. The lowest BCUT2D eigenvalue weighted by Crippen LogP contribution is -2.34. The highest BCUT2D eigenvalue weighted by atomic mass is 19.1. The Labute approximate surface area is 159 Å². The van der Waals surface area contributed by atoms with Crippen molar-refractivity contribution >= 4 is 6.41 Å². The topological polar surface area (TPSA) is 49.8 Å². The molecule has 0 bridgehead atoms. The van der Waals surface area contributed by atoms with Crippen molar-refractivity contribution in [2.75, 3.05) is 13.2 Å². The quantitative estimate of drug-likeness (QED) is 0.823. The van der Waals surface area contributed by atoms with Crippen LogP contribution in [0.5, 0.6) is 0 Å². The molecule has 1 N–H and O–H groups in total. The normalized spacial score (nSPS) is 24.4. The van der Waals surface area contributed by atoms with Gasteiger partial charge in [0.15, 0.2) is 0 Å². The summed E-state index contributed by atoms with van der Waals surface area (Å²) < 4.78 is 18.2. The van der Waals surface area contributed by atoms with Crippen molar-refractivity contribution in [2.24, 2.45) is 0 Å². The van der Waals surface area contributed by atoms with E-state index in [4.69, 9.17) is 9.84 Å². The van der Waals surface area contributed by atoms with Gasteiger partial charge in [0, 0.05) is 13.2 Å². The van der Waals surface area contributed by atoms with E-state index in [1.165, 1.54) is 17.7 Å². The lowest BCUT2D eigenvalue weighted by Gasteiger charge is -2.35. The van der Waals surface area contributed by atoms with Crippen LogP contribution in [0.1, 0.15) is 42.5 Å². The Hall–Kier alpha value is -2.24. The van der Waals surface area contributed by atoms with Crippen LogP contribution in [-0.2, 0) is 16.0 Å². The summed E-state index contributed by atoms with van der Waals surface area (Å²) in [6, 6.07) is 14.4. The molecular formula is C22H26FNO3. The number of aliphatic hydroxyl groups excluding tert-OH is 1. The number of aliphatic hydroxyl groups is 1.